The first-order valence-electron chi connectivity index (χ1n) is 7.52. The monoisotopic (exact) mass is 338 g/mol. The lowest BCUT2D eigenvalue weighted by Crippen LogP contribution is -1.95. The fraction of sp³-hybridized carbons (Fsp3) is 0.0500. The highest BCUT2D eigenvalue weighted by molar-refractivity contribution is 6.07. The predicted octanol–water partition coefficient (Wildman–Crippen LogP) is 4.70. The first kappa shape index (κ1) is 16.5. The molecule has 0 unspecified atom stereocenters. The second-order valence-electron chi connectivity index (χ2n) is 5.27. The normalized spacial score (nSPS) is 11.0. The van der Waals surface area contributed by atoms with Crippen molar-refractivity contribution in [2.24, 2.45) is 0 Å². The minimum absolute atomic E-state index is 0.0383. The number of carbonyl (C=O) groups is 1. The topological polar surface area (TPSA) is 59.7 Å². The van der Waals surface area contributed by atoms with Crippen molar-refractivity contribution in [1.29, 1.82) is 0 Å². The van der Waals surface area contributed by atoms with E-state index in [-0.39, 0.29) is 23.1 Å². The van der Waals surface area contributed by atoms with Crippen LogP contribution >= 0.6 is 0 Å². The van der Waals surface area contributed by atoms with Crippen molar-refractivity contribution in [2.75, 3.05) is 7.11 Å². The summed E-state index contributed by atoms with van der Waals surface area (Å²) >= 11 is 0. The number of halogens is 1. The number of allylic oxidation sites excluding steroid dienone is 1. The number of hydrogen-bond acceptors (Lipinski definition) is 4. The third-order valence-corrected chi connectivity index (χ3v) is 3.63. The third-order valence-electron chi connectivity index (χ3n) is 3.63. The Morgan fingerprint density at radius 2 is 1.96 bits per heavy atom. The van der Waals surface area contributed by atoms with Gasteiger partial charge >= 0.3 is 0 Å². The lowest BCUT2D eigenvalue weighted by Gasteiger charge is -2.04. The molecule has 0 spiro atoms. The summed E-state index contributed by atoms with van der Waals surface area (Å²) in [6.07, 6.45) is 2.85. The second kappa shape index (κ2) is 7.05. The molecule has 0 fully saturated rings. The van der Waals surface area contributed by atoms with E-state index in [2.05, 4.69) is 0 Å². The van der Waals surface area contributed by atoms with Gasteiger partial charge in [0.25, 0.3) is 0 Å². The van der Waals surface area contributed by atoms with Crippen LogP contribution in [0.4, 0.5) is 4.39 Å². The Morgan fingerprint density at radius 1 is 1.16 bits per heavy atom. The maximum Gasteiger partial charge on any atom is 0.186 e. The summed E-state index contributed by atoms with van der Waals surface area (Å²) in [5.74, 6) is 0.346. The van der Waals surface area contributed by atoms with E-state index in [1.165, 1.54) is 43.5 Å². The molecule has 1 heterocycles. The highest BCUT2D eigenvalue weighted by atomic mass is 19.1. The van der Waals surface area contributed by atoms with Crippen molar-refractivity contribution < 1.29 is 23.4 Å². The summed E-state index contributed by atoms with van der Waals surface area (Å²) in [6.45, 7) is 0. The Labute approximate surface area is 143 Å². The Kier molecular flexibility index (Phi) is 4.66. The Bertz CT molecular complexity index is 940. The molecule has 5 heteroatoms. The Morgan fingerprint density at radius 3 is 2.72 bits per heavy atom. The molecule has 0 aliphatic heterocycles. The number of aromatic hydroxyl groups is 1. The second-order valence-corrected chi connectivity index (χ2v) is 5.27. The molecule has 4 nitrogen and oxygen atoms in total. The van der Waals surface area contributed by atoms with Gasteiger partial charge in [-0.15, -0.1) is 0 Å². The van der Waals surface area contributed by atoms with Crippen LogP contribution in [0.5, 0.6) is 11.5 Å². The minimum Gasteiger partial charge on any atom is -0.504 e. The van der Waals surface area contributed by atoms with Crippen molar-refractivity contribution in [3.63, 3.8) is 0 Å². The van der Waals surface area contributed by atoms with Crippen molar-refractivity contribution in [1.82, 2.24) is 0 Å². The summed E-state index contributed by atoms with van der Waals surface area (Å²) in [5, 5.41) is 9.56. The number of hydrogen-bond donors (Lipinski definition) is 1. The van der Waals surface area contributed by atoms with Crippen molar-refractivity contribution >= 4 is 11.9 Å². The summed E-state index contributed by atoms with van der Waals surface area (Å²) in [7, 11) is 1.41. The van der Waals surface area contributed by atoms with Gasteiger partial charge in [-0.1, -0.05) is 12.1 Å². The molecule has 0 saturated carbocycles. The molecule has 0 aliphatic rings. The van der Waals surface area contributed by atoms with Crippen LogP contribution in [-0.2, 0) is 0 Å². The van der Waals surface area contributed by atoms with Gasteiger partial charge in [0, 0.05) is 5.56 Å². The molecule has 1 aromatic heterocycles. The predicted molar refractivity (Wildman–Crippen MR) is 92.1 cm³/mol. The lowest BCUT2D eigenvalue weighted by atomic mass is 10.1. The fourth-order valence-corrected chi connectivity index (χ4v) is 2.33. The molecule has 126 valence electrons. The van der Waals surface area contributed by atoms with Crippen LogP contribution in [0.25, 0.3) is 17.4 Å². The van der Waals surface area contributed by atoms with Crippen LogP contribution in [0.1, 0.15) is 16.1 Å². The molecule has 25 heavy (non-hydrogen) atoms. The molecule has 0 radical (unpaired) electrons. The number of ketones is 1. The molecule has 0 amide bonds. The van der Waals surface area contributed by atoms with Crippen molar-refractivity contribution in [3.05, 3.63) is 77.8 Å². The smallest absolute Gasteiger partial charge is 0.186 e. The van der Waals surface area contributed by atoms with E-state index < -0.39 is 0 Å². The number of phenolic OH excluding ortho intramolecular Hbond substituents is 1. The first-order chi connectivity index (χ1) is 12.1. The average molecular weight is 338 g/mol. The van der Waals surface area contributed by atoms with Gasteiger partial charge in [-0.3, -0.25) is 4.79 Å². The number of phenols is 1. The van der Waals surface area contributed by atoms with Gasteiger partial charge in [0.1, 0.15) is 17.3 Å². The van der Waals surface area contributed by atoms with E-state index in [4.69, 9.17) is 9.15 Å². The van der Waals surface area contributed by atoms with Gasteiger partial charge in [-0.2, -0.15) is 0 Å². The summed E-state index contributed by atoms with van der Waals surface area (Å²) in [4.78, 5) is 12.2. The molecular formula is C20H15FO4. The summed E-state index contributed by atoms with van der Waals surface area (Å²) < 4.78 is 24.3. The van der Waals surface area contributed by atoms with Crippen molar-refractivity contribution in [2.45, 2.75) is 0 Å². The minimum atomic E-state index is -0.375. The largest absolute Gasteiger partial charge is 0.504 e. The molecule has 2 aromatic carbocycles. The van der Waals surface area contributed by atoms with E-state index in [1.807, 2.05) is 0 Å². The third kappa shape index (κ3) is 3.61. The number of methoxy groups -OCH3 is 1. The van der Waals surface area contributed by atoms with Gasteiger partial charge in [-0.25, -0.2) is 4.39 Å². The number of rotatable bonds is 5. The maximum atomic E-state index is 13.8. The van der Waals surface area contributed by atoms with E-state index in [9.17, 15) is 14.3 Å². The SMILES string of the molecule is COc1cc(C(=O)/C=C/c2ccc(-c3ccccc3F)o2)ccc1O. The molecule has 0 saturated heterocycles. The quantitative estimate of drug-likeness (QED) is 0.541. The van der Waals surface area contributed by atoms with E-state index in [0.717, 1.165) is 0 Å². The van der Waals surface area contributed by atoms with Gasteiger partial charge in [0.2, 0.25) is 0 Å². The van der Waals surface area contributed by atoms with E-state index in [1.54, 1.807) is 30.3 Å². The molecule has 0 atom stereocenters. The Balaban J connectivity index is 1.79. The zero-order valence-electron chi connectivity index (χ0n) is 13.4. The molecular weight excluding hydrogens is 323 g/mol. The van der Waals surface area contributed by atoms with Gasteiger partial charge in [-0.05, 0) is 54.6 Å². The zero-order chi connectivity index (χ0) is 17.8. The van der Waals surface area contributed by atoms with Gasteiger partial charge in [0.15, 0.2) is 17.3 Å². The van der Waals surface area contributed by atoms with E-state index in [0.29, 0.717) is 22.6 Å². The highest BCUT2D eigenvalue weighted by Gasteiger charge is 2.10. The molecule has 3 aromatic rings. The molecule has 0 aliphatic carbocycles. The van der Waals surface area contributed by atoms with Crippen LogP contribution in [0.3, 0.4) is 0 Å². The van der Waals surface area contributed by atoms with Crippen molar-refractivity contribution in [3.8, 4) is 22.8 Å². The zero-order valence-corrected chi connectivity index (χ0v) is 13.4. The number of furan rings is 1. The number of ether oxygens (including phenoxy) is 1. The number of carbonyl (C=O) groups excluding carboxylic acids is 1. The van der Waals surface area contributed by atoms with Gasteiger partial charge < -0.3 is 14.3 Å². The molecule has 0 bridgehead atoms. The Hall–Kier alpha value is -3.34. The maximum absolute atomic E-state index is 13.8. The average Bonchev–Trinajstić information content (AvgIpc) is 3.09. The highest BCUT2D eigenvalue weighted by Crippen LogP contribution is 2.27. The molecule has 3 rings (SSSR count). The van der Waals surface area contributed by atoms with E-state index >= 15 is 0 Å². The fourth-order valence-electron chi connectivity index (χ4n) is 2.33. The standard InChI is InChI=1S/C20H15FO4/c1-24-20-12-13(6-9-18(20)23)17(22)10-7-14-8-11-19(25-14)15-4-2-3-5-16(15)21/h2-12,23H,1H3/b10-7+. The first-order valence-corrected chi connectivity index (χ1v) is 7.52. The van der Waals surface area contributed by atoms with Crippen LogP contribution in [0, 0.1) is 5.82 Å². The number of benzene rings is 2. The lowest BCUT2D eigenvalue weighted by molar-refractivity contribution is 0.104. The van der Waals surface area contributed by atoms with Gasteiger partial charge in [0.05, 0.1) is 12.7 Å². The molecule has 1 N–H and O–H groups in total. The van der Waals surface area contributed by atoms with Crippen LogP contribution in [0.15, 0.2) is 65.1 Å². The van der Waals surface area contributed by atoms with Crippen LogP contribution < -0.4 is 4.74 Å². The summed E-state index contributed by atoms with van der Waals surface area (Å²) in [5.41, 5.74) is 0.725. The summed E-state index contributed by atoms with van der Waals surface area (Å²) in [6, 6.07) is 13.9. The van der Waals surface area contributed by atoms with Crippen LogP contribution in [0.2, 0.25) is 0 Å². The van der Waals surface area contributed by atoms with Crippen LogP contribution in [-0.4, -0.2) is 18.0 Å².